The van der Waals surface area contributed by atoms with Crippen molar-refractivity contribution in [2.24, 2.45) is 40.4 Å². The quantitative estimate of drug-likeness (QED) is 0.376. The largest absolute Gasteiger partial charge is 0.393 e. The Labute approximate surface area is 173 Å². The fourth-order valence-electron chi connectivity index (χ4n) is 8.63. The average Bonchev–Trinajstić information content (AvgIpc) is 3.44. The number of unbranched alkanes of at least 4 members (excludes halogenated alkanes) is 2. The van der Waals surface area contributed by atoms with E-state index in [1.165, 1.54) is 83.5 Å². The summed E-state index contributed by atoms with van der Waals surface area (Å²) < 4.78 is 0. The van der Waals surface area contributed by atoms with Crippen LogP contribution in [-0.2, 0) is 0 Å². The van der Waals surface area contributed by atoms with E-state index in [0.717, 1.165) is 42.4 Å². The zero-order valence-corrected chi connectivity index (χ0v) is 18.6. The van der Waals surface area contributed by atoms with Crippen LogP contribution in [0.1, 0.15) is 110 Å². The van der Waals surface area contributed by atoms with Gasteiger partial charge in [0.15, 0.2) is 0 Å². The summed E-state index contributed by atoms with van der Waals surface area (Å²) in [5.74, 6) is 4.93. The maximum Gasteiger partial charge on any atom is 0.0577 e. The van der Waals surface area contributed by atoms with Crippen LogP contribution in [0.25, 0.3) is 0 Å². The molecule has 28 heavy (non-hydrogen) atoms. The zero-order chi connectivity index (χ0) is 19.4. The summed E-state index contributed by atoms with van der Waals surface area (Å²) >= 11 is 0. The number of fused-ring (bicyclic) bond motifs is 5. The number of rotatable bonds is 6. The highest BCUT2D eigenvalue weighted by Crippen LogP contribution is 2.66. The van der Waals surface area contributed by atoms with Crippen molar-refractivity contribution in [2.75, 3.05) is 0 Å². The number of hydrogen-bond acceptors (Lipinski definition) is 1. The first-order valence-electron chi connectivity index (χ1n) is 12.9. The third-order valence-electron chi connectivity index (χ3n) is 10.6. The van der Waals surface area contributed by atoms with Gasteiger partial charge in [-0.3, -0.25) is 0 Å². The molecule has 0 saturated heterocycles. The van der Waals surface area contributed by atoms with E-state index in [1.807, 2.05) is 0 Å². The van der Waals surface area contributed by atoms with Gasteiger partial charge in [0.1, 0.15) is 0 Å². The molecule has 5 rings (SSSR count). The Kier molecular flexibility index (Phi) is 5.22. The molecule has 1 nitrogen and oxygen atoms in total. The molecule has 5 aliphatic carbocycles. The molecule has 0 amide bonds. The molecule has 4 saturated carbocycles. The first kappa shape index (κ1) is 19.7. The number of allylic oxidation sites excluding steroid dienone is 1. The van der Waals surface area contributed by atoms with E-state index >= 15 is 0 Å². The minimum Gasteiger partial charge on any atom is -0.393 e. The first-order valence-corrected chi connectivity index (χ1v) is 12.9. The Bertz CT molecular complexity index is 603. The minimum absolute atomic E-state index is 0.0690. The van der Waals surface area contributed by atoms with Crippen LogP contribution in [0.2, 0.25) is 0 Å². The van der Waals surface area contributed by atoms with E-state index in [9.17, 15) is 5.11 Å². The van der Waals surface area contributed by atoms with Gasteiger partial charge in [0, 0.05) is 0 Å². The highest BCUT2D eigenvalue weighted by Gasteiger charge is 2.58. The standard InChI is InChI=1S/C27H44O/c1-26-17-15-25-23(12-10-21-18-22(28)14-16-27(21,25)2)24(26)13-11-20(26)7-5-3-4-6-19-8-9-19/h10,19-20,22-25,28H,3-9,11-18H2,1-2H3/t20-,22?,23?,24?,25?,26?,27?/m0/s1. The molecule has 0 aliphatic heterocycles. The van der Waals surface area contributed by atoms with Gasteiger partial charge >= 0.3 is 0 Å². The summed E-state index contributed by atoms with van der Waals surface area (Å²) in [6, 6.07) is 0. The Hall–Kier alpha value is -0.300. The molecule has 5 aliphatic rings. The first-order chi connectivity index (χ1) is 13.5. The van der Waals surface area contributed by atoms with Crippen LogP contribution in [0, 0.1) is 40.4 Å². The summed E-state index contributed by atoms with van der Waals surface area (Å²) in [5, 5.41) is 10.2. The van der Waals surface area contributed by atoms with Gasteiger partial charge in [-0.1, -0.05) is 64.0 Å². The number of aliphatic hydroxyl groups is 1. The second-order valence-corrected chi connectivity index (χ2v) is 12.1. The maximum absolute atomic E-state index is 10.2. The zero-order valence-electron chi connectivity index (χ0n) is 18.6. The van der Waals surface area contributed by atoms with Gasteiger partial charge in [0.05, 0.1) is 6.10 Å². The van der Waals surface area contributed by atoms with Gasteiger partial charge in [-0.25, -0.2) is 0 Å². The molecule has 0 heterocycles. The van der Waals surface area contributed by atoms with Gasteiger partial charge in [-0.05, 0) is 98.2 Å². The lowest BCUT2D eigenvalue weighted by Crippen LogP contribution is -2.50. The number of hydrogen-bond donors (Lipinski definition) is 1. The summed E-state index contributed by atoms with van der Waals surface area (Å²) in [7, 11) is 0. The van der Waals surface area contributed by atoms with E-state index in [-0.39, 0.29) is 6.10 Å². The Morgan fingerprint density at radius 3 is 2.54 bits per heavy atom. The van der Waals surface area contributed by atoms with Crippen LogP contribution in [0.3, 0.4) is 0 Å². The normalized spacial score (nSPS) is 47.8. The molecule has 0 aromatic carbocycles. The molecule has 0 bridgehead atoms. The molecule has 4 fully saturated rings. The monoisotopic (exact) mass is 384 g/mol. The SMILES string of the molecule is CC12CCC(O)CC1=CCC1C2CCC2(C)C1CC[C@@H]2CCCCCC1CC1. The molecule has 1 N–H and O–H groups in total. The number of aliphatic hydroxyl groups excluding tert-OH is 1. The van der Waals surface area contributed by atoms with E-state index in [1.54, 1.807) is 5.57 Å². The van der Waals surface area contributed by atoms with Crippen molar-refractivity contribution in [1.82, 2.24) is 0 Å². The predicted molar refractivity (Wildman–Crippen MR) is 117 cm³/mol. The molecule has 1 heteroatoms. The third-order valence-corrected chi connectivity index (χ3v) is 10.6. The maximum atomic E-state index is 10.2. The molecular weight excluding hydrogens is 340 g/mol. The van der Waals surface area contributed by atoms with Crippen LogP contribution in [0.4, 0.5) is 0 Å². The predicted octanol–water partition coefficient (Wildman–Crippen LogP) is 7.29. The Morgan fingerprint density at radius 2 is 1.71 bits per heavy atom. The van der Waals surface area contributed by atoms with Crippen LogP contribution < -0.4 is 0 Å². The van der Waals surface area contributed by atoms with Gasteiger partial charge in [-0.2, -0.15) is 0 Å². The average molecular weight is 385 g/mol. The van der Waals surface area contributed by atoms with E-state index < -0.39 is 0 Å². The second kappa shape index (κ2) is 7.44. The van der Waals surface area contributed by atoms with Crippen molar-refractivity contribution in [1.29, 1.82) is 0 Å². The molecule has 0 radical (unpaired) electrons. The van der Waals surface area contributed by atoms with Crippen molar-refractivity contribution in [2.45, 2.75) is 116 Å². The second-order valence-electron chi connectivity index (χ2n) is 12.1. The fourth-order valence-corrected chi connectivity index (χ4v) is 8.63. The van der Waals surface area contributed by atoms with E-state index in [0.29, 0.717) is 10.8 Å². The molecular formula is C27H44O. The van der Waals surface area contributed by atoms with Crippen LogP contribution in [0.5, 0.6) is 0 Å². The fraction of sp³-hybridized carbons (Fsp3) is 0.926. The topological polar surface area (TPSA) is 20.2 Å². The lowest BCUT2D eigenvalue weighted by Gasteiger charge is -2.58. The summed E-state index contributed by atoms with van der Waals surface area (Å²) in [5.41, 5.74) is 2.67. The molecule has 7 atom stereocenters. The van der Waals surface area contributed by atoms with Crippen LogP contribution >= 0.6 is 0 Å². The minimum atomic E-state index is -0.0690. The molecule has 0 aromatic rings. The van der Waals surface area contributed by atoms with Gasteiger partial charge in [0.25, 0.3) is 0 Å². The molecule has 0 spiro atoms. The summed E-state index contributed by atoms with van der Waals surface area (Å²) in [6.07, 6.45) is 23.6. The smallest absolute Gasteiger partial charge is 0.0577 e. The van der Waals surface area contributed by atoms with Gasteiger partial charge in [0.2, 0.25) is 0 Å². The van der Waals surface area contributed by atoms with Crippen molar-refractivity contribution >= 4 is 0 Å². The summed E-state index contributed by atoms with van der Waals surface area (Å²) in [6.45, 7) is 5.26. The van der Waals surface area contributed by atoms with E-state index in [4.69, 9.17) is 0 Å². The van der Waals surface area contributed by atoms with Crippen LogP contribution in [-0.4, -0.2) is 11.2 Å². The molecule has 0 aromatic heterocycles. The summed E-state index contributed by atoms with van der Waals surface area (Å²) in [4.78, 5) is 0. The Morgan fingerprint density at radius 1 is 0.893 bits per heavy atom. The molecule has 158 valence electrons. The van der Waals surface area contributed by atoms with E-state index in [2.05, 4.69) is 19.9 Å². The van der Waals surface area contributed by atoms with Gasteiger partial charge < -0.3 is 5.11 Å². The lowest BCUT2D eigenvalue weighted by atomic mass is 9.47. The van der Waals surface area contributed by atoms with Crippen molar-refractivity contribution in [3.05, 3.63) is 11.6 Å². The lowest BCUT2D eigenvalue weighted by molar-refractivity contribution is -0.0508. The Balaban J connectivity index is 1.23. The van der Waals surface area contributed by atoms with Crippen molar-refractivity contribution in [3.63, 3.8) is 0 Å². The van der Waals surface area contributed by atoms with Crippen molar-refractivity contribution in [3.8, 4) is 0 Å². The molecule has 6 unspecified atom stereocenters. The highest BCUT2D eigenvalue weighted by atomic mass is 16.3. The highest BCUT2D eigenvalue weighted by molar-refractivity contribution is 5.25. The van der Waals surface area contributed by atoms with Gasteiger partial charge in [-0.15, -0.1) is 0 Å². The third kappa shape index (κ3) is 3.32. The van der Waals surface area contributed by atoms with Crippen molar-refractivity contribution < 1.29 is 5.11 Å². The van der Waals surface area contributed by atoms with Crippen LogP contribution in [0.15, 0.2) is 11.6 Å².